The summed E-state index contributed by atoms with van der Waals surface area (Å²) in [6.45, 7) is 19.7. The van der Waals surface area contributed by atoms with Crippen molar-refractivity contribution >= 4 is 13.3 Å². The van der Waals surface area contributed by atoms with E-state index in [1.165, 1.54) is 76.7 Å². The molecule has 0 spiro atoms. The largest absolute Gasteiger partial charge is 0.103 e. The van der Waals surface area contributed by atoms with Crippen LogP contribution in [0.5, 0.6) is 0 Å². The first-order chi connectivity index (χ1) is 20.1. The Bertz CT molecular complexity index is 1000. The van der Waals surface area contributed by atoms with Gasteiger partial charge in [-0.2, -0.15) is 0 Å². The molecule has 0 aliphatic heterocycles. The van der Waals surface area contributed by atoms with Crippen LogP contribution in [0.15, 0.2) is 43.0 Å². The van der Waals surface area contributed by atoms with Gasteiger partial charge in [0.1, 0.15) is 0 Å². The Balaban J connectivity index is 1.52. The summed E-state index contributed by atoms with van der Waals surface area (Å²) in [4.78, 5) is 0. The second kappa shape index (κ2) is 12.2. The van der Waals surface area contributed by atoms with Gasteiger partial charge in [0.25, 0.3) is 0 Å². The Labute approximate surface area is 262 Å². The average Bonchev–Trinajstić information content (AvgIpc) is 3.55. The van der Waals surface area contributed by atoms with Gasteiger partial charge in [-0.1, -0.05) is 134 Å². The van der Waals surface area contributed by atoms with Gasteiger partial charge in [-0.15, -0.1) is 6.58 Å². The van der Waals surface area contributed by atoms with Gasteiger partial charge in [-0.05, 0) is 114 Å². The molecule has 5 saturated carbocycles. The van der Waals surface area contributed by atoms with Gasteiger partial charge in [0, 0.05) is 0 Å². The van der Waals surface area contributed by atoms with Gasteiger partial charge in [0.15, 0.2) is 0 Å². The third-order valence-corrected chi connectivity index (χ3v) is 21.4. The van der Waals surface area contributed by atoms with Crippen LogP contribution in [0.1, 0.15) is 131 Å². The van der Waals surface area contributed by atoms with Gasteiger partial charge in [0.2, 0.25) is 0 Å². The van der Waals surface area contributed by atoms with E-state index in [0.717, 1.165) is 58.4 Å². The number of benzene rings is 1. The third-order valence-electron chi connectivity index (χ3n) is 14.7. The lowest BCUT2D eigenvalue weighted by Gasteiger charge is -2.53. The minimum Gasteiger partial charge on any atom is -0.103 e. The van der Waals surface area contributed by atoms with E-state index < -0.39 is 8.07 Å². The molecule has 0 bridgehead atoms. The summed E-state index contributed by atoms with van der Waals surface area (Å²) in [6, 6.07) is 14.1. The molecule has 1 aromatic carbocycles. The van der Waals surface area contributed by atoms with E-state index in [2.05, 4.69) is 84.5 Å². The highest BCUT2D eigenvalue weighted by molar-refractivity contribution is 6.94. The van der Waals surface area contributed by atoms with Crippen LogP contribution in [0.4, 0.5) is 0 Å². The van der Waals surface area contributed by atoms with E-state index in [1.54, 1.807) is 19.3 Å². The van der Waals surface area contributed by atoms with E-state index in [1.807, 2.05) is 5.19 Å². The van der Waals surface area contributed by atoms with Gasteiger partial charge in [-0.3, -0.25) is 0 Å². The van der Waals surface area contributed by atoms with Crippen molar-refractivity contribution < 1.29 is 0 Å². The van der Waals surface area contributed by atoms with E-state index in [9.17, 15) is 0 Å². The molecule has 1 heteroatoms. The normalized spacial score (nSPS) is 40.0. The lowest BCUT2D eigenvalue weighted by atomic mass is 9.62. The molecule has 42 heavy (non-hydrogen) atoms. The van der Waals surface area contributed by atoms with Crippen LogP contribution in [0.2, 0.25) is 17.1 Å². The minimum atomic E-state index is -1.89. The number of hydrogen-bond donors (Lipinski definition) is 0. The predicted molar refractivity (Wildman–Crippen MR) is 186 cm³/mol. The molecular formula is C41H66Si. The highest BCUT2D eigenvalue weighted by Gasteiger charge is 2.65. The molecule has 5 aliphatic rings. The first-order valence-electron chi connectivity index (χ1n) is 18.7. The summed E-state index contributed by atoms with van der Waals surface area (Å²) < 4.78 is 0. The lowest BCUT2D eigenvalue weighted by Crippen LogP contribution is -2.60. The Morgan fingerprint density at radius 1 is 0.690 bits per heavy atom. The molecule has 0 N–H and O–H groups in total. The Morgan fingerprint density at radius 2 is 1.29 bits per heavy atom. The van der Waals surface area contributed by atoms with Gasteiger partial charge >= 0.3 is 0 Å². The predicted octanol–water partition coefficient (Wildman–Crippen LogP) is 11.8. The van der Waals surface area contributed by atoms with Gasteiger partial charge in [0.05, 0.1) is 8.07 Å². The molecule has 0 aromatic heterocycles. The van der Waals surface area contributed by atoms with Gasteiger partial charge < -0.3 is 0 Å². The van der Waals surface area contributed by atoms with Crippen LogP contribution in [-0.4, -0.2) is 8.07 Å². The molecular weight excluding hydrogens is 521 g/mol. The van der Waals surface area contributed by atoms with Crippen molar-refractivity contribution in [1.29, 1.82) is 0 Å². The van der Waals surface area contributed by atoms with E-state index in [4.69, 9.17) is 0 Å². The Morgan fingerprint density at radius 3 is 1.86 bits per heavy atom. The SMILES string of the molecule is C=CCCC[Si](c1ccccc1)(C1CCC2CCCCC21)C1C2CC(C(C)(C)C)CCC2C2CCC(C(C)(C)C)CC21. The topological polar surface area (TPSA) is 0 Å². The molecule has 5 fully saturated rings. The zero-order valence-corrected chi connectivity index (χ0v) is 29.6. The molecule has 0 heterocycles. The molecule has 0 nitrogen and oxygen atoms in total. The van der Waals surface area contributed by atoms with E-state index in [0.29, 0.717) is 10.8 Å². The van der Waals surface area contributed by atoms with Crippen LogP contribution in [0.3, 0.4) is 0 Å². The van der Waals surface area contributed by atoms with Crippen molar-refractivity contribution in [3.8, 4) is 0 Å². The summed E-state index contributed by atoms with van der Waals surface area (Å²) >= 11 is 0. The summed E-state index contributed by atoms with van der Waals surface area (Å²) in [6.07, 6.45) is 23.2. The maximum atomic E-state index is 4.23. The van der Waals surface area contributed by atoms with Crippen molar-refractivity contribution in [1.82, 2.24) is 0 Å². The number of rotatable bonds is 7. The van der Waals surface area contributed by atoms with Crippen LogP contribution in [0.25, 0.3) is 0 Å². The number of allylic oxidation sites excluding steroid dienone is 1. The average molecular weight is 587 g/mol. The molecule has 1 aromatic rings. The van der Waals surface area contributed by atoms with Gasteiger partial charge in [-0.25, -0.2) is 0 Å². The standard InChI is InChI=1S/C41H66Si/c1-8-9-15-26-42(32-17-11-10-12-18-32,38-25-20-29-16-13-14-19-33(29)38)39-36-27-30(40(2,3)4)21-23-34(36)35-24-22-31(28-37(35)39)41(5,6)7/h8,10-12,17-18,29-31,33-39H,1,9,13-16,19-28H2,2-7H3. The zero-order valence-electron chi connectivity index (χ0n) is 28.6. The van der Waals surface area contributed by atoms with Crippen molar-refractivity contribution in [3.63, 3.8) is 0 Å². The van der Waals surface area contributed by atoms with Crippen molar-refractivity contribution in [2.24, 2.45) is 58.2 Å². The van der Waals surface area contributed by atoms with Crippen molar-refractivity contribution in [3.05, 3.63) is 43.0 Å². The molecule has 10 atom stereocenters. The highest BCUT2D eigenvalue weighted by Crippen LogP contribution is 2.70. The fraction of sp³-hybridized carbons (Fsp3) is 0.805. The molecule has 10 unspecified atom stereocenters. The molecule has 5 aliphatic carbocycles. The maximum Gasteiger partial charge on any atom is 0.0936 e. The smallest absolute Gasteiger partial charge is 0.0936 e. The molecule has 0 saturated heterocycles. The molecule has 234 valence electrons. The number of fused-ring (bicyclic) bond motifs is 4. The molecule has 0 amide bonds. The molecule has 0 radical (unpaired) electrons. The summed E-state index contributed by atoms with van der Waals surface area (Å²) in [5, 5.41) is 1.89. The fourth-order valence-corrected chi connectivity index (χ4v) is 20.9. The number of hydrogen-bond acceptors (Lipinski definition) is 0. The van der Waals surface area contributed by atoms with Crippen molar-refractivity contribution in [2.45, 2.75) is 149 Å². The summed E-state index contributed by atoms with van der Waals surface area (Å²) in [5.74, 6) is 7.86. The highest BCUT2D eigenvalue weighted by atomic mass is 28.3. The maximum absolute atomic E-state index is 4.23. The number of unbranched alkanes of at least 4 members (excludes halogenated alkanes) is 1. The first-order valence-corrected chi connectivity index (χ1v) is 21.1. The van der Waals surface area contributed by atoms with Crippen LogP contribution < -0.4 is 5.19 Å². The van der Waals surface area contributed by atoms with Crippen LogP contribution in [0, 0.1) is 58.2 Å². The fourth-order valence-electron chi connectivity index (χ4n) is 12.8. The molecule has 6 rings (SSSR count). The Hall–Kier alpha value is -0.823. The quantitative estimate of drug-likeness (QED) is 0.169. The van der Waals surface area contributed by atoms with Crippen molar-refractivity contribution in [2.75, 3.05) is 0 Å². The zero-order chi connectivity index (χ0) is 29.7. The Kier molecular flexibility index (Phi) is 9.03. The van der Waals surface area contributed by atoms with E-state index >= 15 is 0 Å². The second-order valence-corrected chi connectivity index (χ2v) is 23.0. The van der Waals surface area contributed by atoms with Crippen LogP contribution >= 0.6 is 0 Å². The first kappa shape index (κ1) is 31.2. The minimum absolute atomic E-state index is 0.443. The lowest BCUT2D eigenvalue weighted by molar-refractivity contribution is 0.0722. The summed E-state index contributed by atoms with van der Waals surface area (Å²) in [5.41, 5.74) is 2.91. The summed E-state index contributed by atoms with van der Waals surface area (Å²) in [7, 11) is -1.89. The monoisotopic (exact) mass is 586 g/mol. The van der Waals surface area contributed by atoms with Crippen LogP contribution in [-0.2, 0) is 0 Å². The third kappa shape index (κ3) is 5.58. The van der Waals surface area contributed by atoms with E-state index in [-0.39, 0.29) is 0 Å². The second-order valence-electron chi connectivity index (χ2n) is 18.4.